The van der Waals surface area contributed by atoms with E-state index in [2.05, 4.69) is 0 Å². The Morgan fingerprint density at radius 3 is 2.22 bits per heavy atom. The fourth-order valence-electron chi connectivity index (χ4n) is 2.64. The van der Waals surface area contributed by atoms with Crippen LogP contribution in [0.3, 0.4) is 0 Å². The van der Waals surface area contributed by atoms with Gasteiger partial charge in [-0.3, -0.25) is 9.59 Å². The molecule has 1 atom stereocenters. The number of nitrogens with zero attached hydrogens (tertiary/aromatic N) is 1. The van der Waals surface area contributed by atoms with E-state index in [1.807, 2.05) is 13.8 Å². The van der Waals surface area contributed by atoms with Crippen LogP contribution in [0.15, 0.2) is 0 Å². The summed E-state index contributed by atoms with van der Waals surface area (Å²) in [6, 6.07) is 0.165. The molecule has 0 aliphatic heterocycles. The number of carbonyl (C=O) groups excluding carboxylic acids is 2. The number of rotatable bonds is 6. The lowest BCUT2D eigenvalue weighted by atomic mass is 9.93. The molecule has 5 heteroatoms. The zero-order valence-corrected chi connectivity index (χ0v) is 11.4. The lowest BCUT2D eigenvalue weighted by molar-refractivity contribution is -0.142. The van der Waals surface area contributed by atoms with Gasteiger partial charge >= 0.3 is 0 Å². The third-order valence-electron chi connectivity index (χ3n) is 3.75. The molecule has 1 aliphatic carbocycles. The van der Waals surface area contributed by atoms with Crippen molar-refractivity contribution in [2.45, 2.75) is 45.6 Å². The molecule has 1 fully saturated rings. The highest BCUT2D eigenvalue weighted by atomic mass is 16.2. The van der Waals surface area contributed by atoms with Gasteiger partial charge in [0.2, 0.25) is 11.8 Å². The molecule has 1 saturated carbocycles. The van der Waals surface area contributed by atoms with Gasteiger partial charge in [0.15, 0.2) is 0 Å². The summed E-state index contributed by atoms with van der Waals surface area (Å²) in [4.78, 5) is 25.3. The molecule has 0 aromatic heterocycles. The van der Waals surface area contributed by atoms with Gasteiger partial charge in [-0.25, -0.2) is 0 Å². The second-order valence-electron chi connectivity index (χ2n) is 5.46. The minimum atomic E-state index is -0.449. The molecule has 0 aromatic rings. The standard InChI is InChI=1S/C13H25N3O2/c1-9(2)11(7-14)13(18)16(8-12(15)17)10-5-3-4-6-10/h9-11H,3-8,14H2,1-2H3,(H2,15,17). The first-order chi connectivity index (χ1) is 8.47. The Hall–Kier alpha value is -1.10. The average molecular weight is 255 g/mol. The first-order valence-corrected chi connectivity index (χ1v) is 6.76. The Balaban J connectivity index is 2.80. The van der Waals surface area contributed by atoms with Crippen LogP contribution in [0.2, 0.25) is 0 Å². The van der Waals surface area contributed by atoms with E-state index in [0.717, 1.165) is 25.7 Å². The highest BCUT2D eigenvalue weighted by Crippen LogP contribution is 2.25. The van der Waals surface area contributed by atoms with Gasteiger partial charge in [-0.15, -0.1) is 0 Å². The van der Waals surface area contributed by atoms with Gasteiger partial charge in [-0.2, -0.15) is 0 Å². The van der Waals surface area contributed by atoms with E-state index >= 15 is 0 Å². The van der Waals surface area contributed by atoms with Crippen molar-refractivity contribution in [2.75, 3.05) is 13.1 Å². The predicted molar refractivity (Wildman–Crippen MR) is 70.5 cm³/mol. The Kier molecular flexibility index (Phi) is 5.59. The van der Waals surface area contributed by atoms with Crippen LogP contribution in [0.4, 0.5) is 0 Å². The summed E-state index contributed by atoms with van der Waals surface area (Å²) < 4.78 is 0. The van der Waals surface area contributed by atoms with Gasteiger partial charge in [0.25, 0.3) is 0 Å². The van der Waals surface area contributed by atoms with E-state index in [0.29, 0.717) is 6.54 Å². The van der Waals surface area contributed by atoms with E-state index in [1.54, 1.807) is 4.90 Å². The van der Waals surface area contributed by atoms with Gasteiger partial charge in [-0.1, -0.05) is 26.7 Å². The molecule has 0 aromatic carbocycles. The topological polar surface area (TPSA) is 89.4 Å². The maximum atomic E-state index is 12.5. The van der Waals surface area contributed by atoms with E-state index in [1.165, 1.54) is 0 Å². The van der Waals surface area contributed by atoms with Crippen LogP contribution in [0.5, 0.6) is 0 Å². The zero-order chi connectivity index (χ0) is 13.7. The van der Waals surface area contributed by atoms with Crippen molar-refractivity contribution in [3.63, 3.8) is 0 Å². The lowest BCUT2D eigenvalue weighted by Crippen LogP contribution is -2.49. The van der Waals surface area contributed by atoms with Crippen LogP contribution in [0, 0.1) is 11.8 Å². The van der Waals surface area contributed by atoms with Gasteiger partial charge in [0.1, 0.15) is 0 Å². The summed E-state index contributed by atoms with van der Waals surface area (Å²) in [6.07, 6.45) is 4.16. The maximum absolute atomic E-state index is 12.5. The average Bonchev–Trinajstić information content (AvgIpc) is 2.79. The number of primary amides is 1. The van der Waals surface area contributed by atoms with Crippen LogP contribution in [-0.2, 0) is 9.59 Å². The van der Waals surface area contributed by atoms with E-state index in [-0.39, 0.29) is 30.3 Å². The molecular weight excluding hydrogens is 230 g/mol. The predicted octanol–water partition coefficient (Wildman–Crippen LogP) is 0.474. The minimum Gasteiger partial charge on any atom is -0.368 e. The largest absolute Gasteiger partial charge is 0.368 e. The van der Waals surface area contributed by atoms with Crippen LogP contribution in [0.25, 0.3) is 0 Å². The van der Waals surface area contributed by atoms with Crippen molar-refractivity contribution in [2.24, 2.45) is 23.3 Å². The monoisotopic (exact) mass is 255 g/mol. The van der Waals surface area contributed by atoms with Crippen LogP contribution < -0.4 is 11.5 Å². The SMILES string of the molecule is CC(C)C(CN)C(=O)N(CC(N)=O)C1CCCC1. The van der Waals surface area contributed by atoms with Gasteiger partial charge in [-0.05, 0) is 18.8 Å². The quantitative estimate of drug-likeness (QED) is 0.723. The Morgan fingerprint density at radius 2 is 1.83 bits per heavy atom. The third kappa shape index (κ3) is 3.70. The highest BCUT2D eigenvalue weighted by molar-refractivity contribution is 5.85. The normalized spacial score (nSPS) is 18.0. The molecule has 0 saturated heterocycles. The number of amides is 2. The molecule has 0 radical (unpaired) electrons. The molecule has 5 nitrogen and oxygen atoms in total. The number of hydrogen-bond acceptors (Lipinski definition) is 3. The first-order valence-electron chi connectivity index (χ1n) is 6.76. The molecule has 4 N–H and O–H groups in total. The van der Waals surface area contributed by atoms with Crippen LogP contribution in [-0.4, -0.2) is 35.8 Å². The summed E-state index contributed by atoms with van der Waals surface area (Å²) in [5, 5.41) is 0. The number of carbonyl (C=O) groups is 2. The molecule has 104 valence electrons. The van der Waals surface area contributed by atoms with Gasteiger partial charge in [0, 0.05) is 12.6 Å². The summed E-state index contributed by atoms with van der Waals surface area (Å²) in [7, 11) is 0. The molecule has 0 heterocycles. The number of nitrogens with two attached hydrogens (primary N) is 2. The lowest BCUT2D eigenvalue weighted by Gasteiger charge is -2.32. The minimum absolute atomic E-state index is 0.0156. The molecular formula is C13H25N3O2. The maximum Gasteiger partial charge on any atom is 0.237 e. The summed E-state index contributed by atoms with van der Waals surface area (Å²) >= 11 is 0. The summed E-state index contributed by atoms with van der Waals surface area (Å²) in [5.74, 6) is -0.503. The molecule has 2 amide bonds. The second kappa shape index (κ2) is 6.73. The van der Waals surface area contributed by atoms with Crippen molar-refractivity contribution in [1.82, 2.24) is 4.90 Å². The summed E-state index contributed by atoms with van der Waals surface area (Å²) in [5.41, 5.74) is 10.9. The van der Waals surface area contributed by atoms with E-state index < -0.39 is 5.91 Å². The van der Waals surface area contributed by atoms with Crippen LogP contribution >= 0.6 is 0 Å². The Bertz CT molecular complexity index is 299. The second-order valence-corrected chi connectivity index (χ2v) is 5.46. The molecule has 0 spiro atoms. The van der Waals surface area contributed by atoms with Crippen molar-refractivity contribution in [3.05, 3.63) is 0 Å². The van der Waals surface area contributed by atoms with E-state index in [4.69, 9.17) is 11.5 Å². The fraction of sp³-hybridized carbons (Fsp3) is 0.846. The van der Waals surface area contributed by atoms with Crippen molar-refractivity contribution >= 4 is 11.8 Å². The van der Waals surface area contributed by atoms with E-state index in [9.17, 15) is 9.59 Å². The summed E-state index contributed by atoms with van der Waals surface area (Å²) in [6.45, 7) is 4.30. The van der Waals surface area contributed by atoms with Crippen LogP contribution in [0.1, 0.15) is 39.5 Å². The van der Waals surface area contributed by atoms with Gasteiger partial charge < -0.3 is 16.4 Å². The zero-order valence-electron chi connectivity index (χ0n) is 11.4. The fourth-order valence-corrected chi connectivity index (χ4v) is 2.64. The first kappa shape index (κ1) is 15.0. The molecule has 1 rings (SSSR count). The highest BCUT2D eigenvalue weighted by Gasteiger charge is 2.32. The smallest absolute Gasteiger partial charge is 0.237 e. The molecule has 1 unspecified atom stereocenters. The molecule has 18 heavy (non-hydrogen) atoms. The Morgan fingerprint density at radius 1 is 1.28 bits per heavy atom. The third-order valence-corrected chi connectivity index (χ3v) is 3.75. The number of hydrogen-bond donors (Lipinski definition) is 2. The Labute approximate surface area is 109 Å². The van der Waals surface area contributed by atoms with Crippen molar-refractivity contribution in [3.8, 4) is 0 Å². The van der Waals surface area contributed by atoms with Gasteiger partial charge in [0.05, 0.1) is 12.5 Å². The van der Waals surface area contributed by atoms with Crippen molar-refractivity contribution in [1.29, 1.82) is 0 Å². The molecule has 0 bridgehead atoms. The molecule has 1 aliphatic rings. The van der Waals surface area contributed by atoms with Crippen molar-refractivity contribution < 1.29 is 9.59 Å².